The van der Waals surface area contributed by atoms with Gasteiger partial charge in [-0.1, -0.05) is 41.4 Å². The number of rotatable bonds is 7. The highest BCUT2D eigenvalue weighted by atomic mass is 35.5. The van der Waals surface area contributed by atoms with E-state index in [0.29, 0.717) is 17.7 Å². The third-order valence-electron chi connectivity index (χ3n) is 4.66. The minimum absolute atomic E-state index is 0.0804. The van der Waals surface area contributed by atoms with Crippen LogP contribution in [0.3, 0.4) is 0 Å². The highest BCUT2D eigenvalue weighted by Gasteiger charge is 2.31. The molecule has 0 spiro atoms. The number of anilines is 1. The van der Waals surface area contributed by atoms with Gasteiger partial charge in [0.05, 0.1) is 28.9 Å². The van der Waals surface area contributed by atoms with E-state index in [2.05, 4.69) is 10.3 Å². The number of aryl methyl sites for hydroxylation is 2. The van der Waals surface area contributed by atoms with Crippen molar-refractivity contribution in [1.82, 2.24) is 4.98 Å². The van der Waals surface area contributed by atoms with Gasteiger partial charge in [0.25, 0.3) is 5.91 Å². The van der Waals surface area contributed by atoms with Gasteiger partial charge in [-0.3, -0.25) is 9.59 Å². The highest BCUT2D eigenvalue weighted by molar-refractivity contribution is 6.33. The molecule has 6 nitrogen and oxygen atoms in total. The summed E-state index contributed by atoms with van der Waals surface area (Å²) >= 11 is 5.87. The van der Waals surface area contributed by atoms with E-state index >= 15 is 0 Å². The predicted molar refractivity (Wildman–Crippen MR) is 116 cm³/mol. The molecule has 2 aromatic carbocycles. The van der Waals surface area contributed by atoms with Crippen molar-refractivity contribution >= 4 is 29.2 Å². The molecule has 174 valence electrons. The van der Waals surface area contributed by atoms with E-state index in [-0.39, 0.29) is 23.6 Å². The molecule has 3 rings (SSSR count). The zero-order valence-electron chi connectivity index (χ0n) is 17.7. The first-order valence-electron chi connectivity index (χ1n) is 9.92. The molecule has 1 heterocycles. The molecule has 33 heavy (non-hydrogen) atoms. The standard InChI is InChI=1S/C23H20ClF3N2O4/c1-13-3-5-15(6-4-13)19-12-28-20(33-19)9-10-21(30)32-14(2)22(31)29-18-11-16(23(25,26)27)7-8-17(18)24/h3-8,11-12,14H,9-10H2,1-2H3,(H,29,31)/t14-/m1/s1. The van der Waals surface area contributed by atoms with Gasteiger partial charge in [-0.25, -0.2) is 4.98 Å². The molecule has 10 heteroatoms. The van der Waals surface area contributed by atoms with Crippen molar-refractivity contribution in [3.63, 3.8) is 0 Å². The van der Waals surface area contributed by atoms with Gasteiger partial charge in [-0.05, 0) is 32.0 Å². The number of aromatic nitrogens is 1. The molecule has 1 N–H and O–H groups in total. The first kappa shape index (κ1) is 24.3. The maximum absolute atomic E-state index is 12.9. The average molecular weight is 481 g/mol. The van der Waals surface area contributed by atoms with Gasteiger partial charge in [0, 0.05) is 12.0 Å². The van der Waals surface area contributed by atoms with E-state index in [4.69, 9.17) is 20.8 Å². The summed E-state index contributed by atoms with van der Waals surface area (Å²) < 4.78 is 49.3. The van der Waals surface area contributed by atoms with Crippen LogP contribution in [0.25, 0.3) is 11.3 Å². The van der Waals surface area contributed by atoms with Crippen LogP contribution in [0.15, 0.2) is 53.1 Å². The van der Waals surface area contributed by atoms with Crippen molar-refractivity contribution in [2.75, 3.05) is 5.32 Å². The van der Waals surface area contributed by atoms with Crippen molar-refractivity contribution in [1.29, 1.82) is 0 Å². The third kappa shape index (κ3) is 6.58. The number of hydrogen-bond donors (Lipinski definition) is 1. The summed E-state index contributed by atoms with van der Waals surface area (Å²) in [4.78, 5) is 28.5. The molecular weight excluding hydrogens is 461 g/mol. The van der Waals surface area contributed by atoms with E-state index in [0.717, 1.165) is 23.3 Å². The zero-order chi connectivity index (χ0) is 24.2. The fraction of sp³-hybridized carbons (Fsp3) is 0.261. The van der Waals surface area contributed by atoms with Gasteiger partial charge < -0.3 is 14.5 Å². The van der Waals surface area contributed by atoms with Crippen molar-refractivity contribution in [2.45, 2.75) is 39.0 Å². The monoisotopic (exact) mass is 480 g/mol. The Labute approximate surface area is 192 Å². The van der Waals surface area contributed by atoms with E-state index in [9.17, 15) is 22.8 Å². The number of ether oxygens (including phenoxy) is 1. The number of esters is 1. The van der Waals surface area contributed by atoms with Crippen LogP contribution >= 0.6 is 11.6 Å². The summed E-state index contributed by atoms with van der Waals surface area (Å²) in [5, 5.41) is 2.17. The molecule has 0 saturated carbocycles. The summed E-state index contributed by atoms with van der Waals surface area (Å²) in [7, 11) is 0. The summed E-state index contributed by atoms with van der Waals surface area (Å²) in [6.07, 6.45) is -4.24. The van der Waals surface area contributed by atoms with Crippen LogP contribution < -0.4 is 5.32 Å². The number of halogens is 4. The number of nitrogens with zero attached hydrogens (tertiary/aromatic N) is 1. The molecule has 0 aliphatic heterocycles. The Bertz CT molecular complexity index is 1140. The Hall–Kier alpha value is -3.33. The fourth-order valence-corrected chi connectivity index (χ4v) is 2.99. The lowest BCUT2D eigenvalue weighted by atomic mass is 10.1. The van der Waals surface area contributed by atoms with Gasteiger partial charge in [0.2, 0.25) is 0 Å². The average Bonchev–Trinajstić information content (AvgIpc) is 3.22. The first-order chi connectivity index (χ1) is 15.5. The molecule has 0 aliphatic rings. The van der Waals surface area contributed by atoms with Crippen molar-refractivity contribution in [2.24, 2.45) is 0 Å². The van der Waals surface area contributed by atoms with E-state index in [1.807, 2.05) is 31.2 Å². The normalized spacial score (nSPS) is 12.3. The van der Waals surface area contributed by atoms with Gasteiger partial charge in [-0.2, -0.15) is 13.2 Å². The number of alkyl halides is 3. The maximum Gasteiger partial charge on any atom is 0.416 e. The van der Waals surface area contributed by atoms with E-state index in [1.54, 1.807) is 6.20 Å². The molecule has 0 fully saturated rings. The smallest absolute Gasteiger partial charge is 0.416 e. The molecular formula is C23H20ClF3N2O4. The Balaban J connectivity index is 1.52. The van der Waals surface area contributed by atoms with Gasteiger partial charge in [-0.15, -0.1) is 0 Å². The highest BCUT2D eigenvalue weighted by Crippen LogP contribution is 2.34. The summed E-state index contributed by atoms with van der Waals surface area (Å²) in [6, 6.07) is 10.2. The number of amides is 1. The number of carbonyl (C=O) groups excluding carboxylic acids is 2. The molecule has 0 saturated heterocycles. The second-order valence-corrected chi connectivity index (χ2v) is 7.71. The lowest BCUT2D eigenvalue weighted by Crippen LogP contribution is -2.30. The summed E-state index contributed by atoms with van der Waals surface area (Å²) in [6.45, 7) is 3.27. The second-order valence-electron chi connectivity index (χ2n) is 7.30. The first-order valence-corrected chi connectivity index (χ1v) is 10.3. The van der Waals surface area contributed by atoms with Crippen molar-refractivity contribution in [3.8, 4) is 11.3 Å². The van der Waals surface area contributed by atoms with Crippen molar-refractivity contribution < 1.29 is 31.9 Å². The second kappa shape index (κ2) is 10.1. The third-order valence-corrected chi connectivity index (χ3v) is 4.99. The van der Waals surface area contributed by atoms with Gasteiger partial charge in [0.15, 0.2) is 17.8 Å². The van der Waals surface area contributed by atoms with Gasteiger partial charge >= 0.3 is 12.1 Å². The Kier molecular flexibility index (Phi) is 7.43. The Morgan fingerprint density at radius 2 is 1.88 bits per heavy atom. The van der Waals surface area contributed by atoms with Gasteiger partial charge in [0.1, 0.15) is 0 Å². The number of hydrogen-bond acceptors (Lipinski definition) is 5. The molecule has 0 radical (unpaired) electrons. The van der Waals surface area contributed by atoms with E-state index < -0.39 is 29.7 Å². The molecule has 1 aromatic heterocycles. The lowest BCUT2D eigenvalue weighted by Gasteiger charge is -2.15. The minimum Gasteiger partial charge on any atom is -0.453 e. The SMILES string of the molecule is Cc1ccc(-c2cnc(CCC(=O)O[C@H](C)C(=O)Nc3cc(C(F)(F)F)ccc3Cl)o2)cc1. The lowest BCUT2D eigenvalue weighted by molar-refractivity contribution is -0.153. The molecule has 1 atom stereocenters. The topological polar surface area (TPSA) is 81.4 Å². The summed E-state index contributed by atoms with van der Waals surface area (Å²) in [5.41, 5.74) is 0.751. The Morgan fingerprint density at radius 1 is 1.18 bits per heavy atom. The number of carbonyl (C=O) groups is 2. The van der Waals surface area contributed by atoms with Crippen LogP contribution in [-0.2, 0) is 26.9 Å². The molecule has 3 aromatic rings. The Morgan fingerprint density at radius 3 is 2.55 bits per heavy atom. The molecule has 0 bridgehead atoms. The molecule has 0 unspecified atom stereocenters. The van der Waals surface area contributed by atoms with Crippen LogP contribution in [0.4, 0.5) is 18.9 Å². The van der Waals surface area contributed by atoms with Crippen LogP contribution in [0.2, 0.25) is 5.02 Å². The molecule has 1 amide bonds. The van der Waals surface area contributed by atoms with E-state index in [1.165, 1.54) is 6.92 Å². The molecule has 0 aliphatic carbocycles. The maximum atomic E-state index is 12.9. The summed E-state index contributed by atoms with van der Waals surface area (Å²) in [5.74, 6) is -0.621. The van der Waals surface area contributed by atoms with Crippen molar-refractivity contribution in [3.05, 3.63) is 70.7 Å². The number of oxazole rings is 1. The number of nitrogens with one attached hydrogen (secondary N) is 1. The van der Waals surface area contributed by atoms with Crippen LogP contribution in [0.1, 0.15) is 30.4 Å². The largest absolute Gasteiger partial charge is 0.453 e. The predicted octanol–water partition coefficient (Wildman–Crippen LogP) is 5.83. The van der Waals surface area contributed by atoms with Crippen LogP contribution in [0.5, 0.6) is 0 Å². The quantitative estimate of drug-likeness (QED) is 0.430. The zero-order valence-corrected chi connectivity index (χ0v) is 18.5. The van der Waals surface area contributed by atoms with Crippen LogP contribution in [-0.4, -0.2) is 23.0 Å². The minimum atomic E-state index is -4.60. The number of benzene rings is 2. The fourth-order valence-electron chi connectivity index (χ4n) is 2.83. The van der Waals surface area contributed by atoms with Crippen LogP contribution in [0, 0.1) is 6.92 Å².